The number of benzene rings is 2. The lowest BCUT2D eigenvalue weighted by molar-refractivity contribution is -0.122. The molecule has 0 unspecified atom stereocenters. The summed E-state index contributed by atoms with van der Waals surface area (Å²) in [7, 11) is 0. The zero-order valence-electron chi connectivity index (χ0n) is 16.4. The van der Waals surface area contributed by atoms with Gasteiger partial charge >= 0.3 is 0 Å². The number of rotatable bonds is 4. The lowest BCUT2D eigenvalue weighted by Crippen LogP contribution is -2.54. The number of thiocarbonyl (C=S) groups is 1. The average Bonchev–Trinajstić information content (AvgIpc) is 3.09. The molecule has 1 aliphatic heterocycles. The second kappa shape index (κ2) is 7.97. The number of fused-ring (bicyclic) bond motifs is 1. The molecule has 0 radical (unpaired) electrons. The molecule has 4 rings (SSSR count). The molecule has 1 N–H and O–H groups in total. The lowest BCUT2D eigenvalue weighted by Gasteiger charge is -2.29. The van der Waals surface area contributed by atoms with Crippen LogP contribution >= 0.6 is 12.2 Å². The van der Waals surface area contributed by atoms with E-state index in [1.807, 2.05) is 59.3 Å². The van der Waals surface area contributed by atoms with Crippen LogP contribution < -0.4 is 10.2 Å². The zero-order chi connectivity index (χ0) is 21.3. The summed E-state index contributed by atoms with van der Waals surface area (Å²) < 4.78 is 1.92. The molecule has 2 heterocycles. The summed E-state index contributed by atoms with van der Waals surface area (Å²) in [5.74, 6) is 1.65. The van der Waals surface area contributed by atoms with Crippen LogP contribution in [-0.2, 0) is 22.6 Å². The van der Waals surface area contributed by atoms with Crippen molar-refractivity contribution in [3.8, 4) is 12.3 Å². The summed E-state index contributed by atoms with van der Waals surface area (Å²) in [5, 5.41) is 3.61. The predicted molar refractivity (Wildman–Crippen MR) is 123 cm³/mol. The number of hydrogen-bond acceptors (Lipinski definition) is 3. The number of amides is 2. The lowest BCUT2D eigenvalue weighted by atomic mass is 10.1. The smallest absolute Gasteiger partial charge is 0.270 e. The van der Waals surface area contributed by atoms with Crippen LogP contribution in [-0.4, -0.2) is 21.5 Å². The van der Waals surface area contributed by atoms with Crippen molar-refractivity contribution >= 4 is 51.8 Å². The Morgan fingerprint density at radius 3 is 2.57 bits per heavy atom. The minimum atomic E-state index is -0.514. The Labute approximate surface area is 180 Å². The zero-order valence-corrected chi connectivity index (χ0v) is 17.2. The Balaban J connectivity index is 1.78. The average molecular weight is 414 g/mol. The Hall–Kier alpha value is -3.69. The fourth-order valence-electron chi connectivity index (χ4n) is 3.55. The normalized spacial score (nSPS) is 15.5. The quantitative estimate of drug-likeness (QED) is 0.307. The van der Waals surface area contributed by atoms with E-state index in [-0.39, 0.29) is 10.7 Å². The van der Waals surface area contributed by atoms with Gasteiger partial charge in [0.25, 0.3) is 11.8 Å². The summed E-state index contributed by atoms with van der Waals surface area (Å²) in [5.41, 5.74) is 3.46. The number of para-hydroxylation sites is 1. The first kappa shape index (κ1) is 19.6. The molecule has 0 atom stereocenters. The molecular formula is C24H19N3O2S. The van der Waals surface area contributed by atoms with E-state index in [1.165, 1.54) is 4.90 Å². The van der Waals surface area contributed by atoms with Crippen molar-refractivity contribution in [3.63, 3.8) is 0 Å². The maximum Gasteiger partial charge on any atom is 0.270 e. The largest absolute Gasteiger partial charge is 0.335 e. The SMILES string of the molecule is C#CCn1cc(/C=C2\C(=O)NC(=S)N(c3ccc(CC)cc3)C2=O)c2ccccc21. The maximum absolute atomic E-state index is 13.2. The van der Waals surface area contributed by atoms with Gasteiger partial charge in [0, 0.05) is 22.7 Å². The van der Waals surface area contributed by atoms with E-state index in [0.29, 0.717) is 12.2 Å². The number of anilines is 1. The summed E-state index contributed by atoms with van der Waals surface area (Å²) in [6, 6.07) is 15.3. The van der Waals surface area contributed by atoms with Gasteiger partial charge in [0.1, 0.15) is 5.57 Å². The molecule has 0 spiro atoms. The minimum absolute atomic E-state index is 0.0202. The first-order valence-corrected chi connectivity index (χ1v) is 9.96. The second-order valence-electron chi connectivity index (χ2n) is 6.91. The van der Waals surface area contributed by atoms with E-state index in [4.69, 9.17) is 18.6 Å². The fourth-order valence-corrected chi connectivity index (χ4v) is 3.83. The monoisotopic (exact) mass is 413 g/mol. The van der Waals surface area contributed by atoms with Crippen LogP contribution in [0, 0.1) is 12.3 Å². The standard InChI is InChI=1S/C24H19N3O2S/c1-3-13-26-15-17(19-7-5-6-8-21(19)26)14-20-22(28)25-24(30)27(23(20)29)18-11-9-16(4-2)10-12-18/h1,5-12,14-15H,4,13H2,2H3,(H,25,28,30)/b20-14+. The first-order valence-electron chi connectivity index (χ1n) is 9.55. The summed E-state index contributed by atoms with van der Waals surface area (Å²) in [6.07, 6.45) is 9.83. The topological polar surface area (TPSA) is 54.3 Å². The van der Waals surface area contributed by atoms with Gasteiger partial charge in [0.05, 0.1) is 12.2 Å². The highest BCUT2D eigenvalue weighted by Crippen LogP contribution is 2.27. The Bertz CT molecular complexity index is 1250. The molecule has 1 aromatic heterocycles. The van der Waals surface area contributed by atoms with Crippen molar-refractivity contribution in [2.45, 2.75) is 19.9 Å². The number of terminal acetylenes is 1. The maximum atomic E-state index is 13.2. The van der Waals surface area contributed by atoms with Crippen molar-refractivity contribution in [3.05, 3.63) is 71.4 Å². The summed E-state index contributed by atoms with van der Waals surface area (Å²) in [4.78, 5) is 27.2. The van der Waals surface area contributed by atoms with E-state index < -0.39 is 11.8 Å². The van der Waals surface area contributed by atoms with E-state index in [0.717, 1.165) is 28.5 Å². The van der Waals surface area contributed by atoms with Crippen molar-refractivity contribution in [1.29, 1.82) is 0 Å². The van der Waals surface area contributed by atoms with Crippen molar-refractivity contribution in [1.82, 2.24) is 9.88 Å². The van der Waals surface area contributed by atoms with Crippen LogP contribution in [0.5, 0.6) is 0 Å². The van der Waals surface area contributed by atoms with Crippen molar-refractivity contribution in [2.24, 2.45) is 0 Å². The molecule has 2 amide bonds. The van der Waals surface area contributed by atoms with Crippen molar-refractivity contribution < 1.29 is 9.59 Å². The van der Waals surface area contributed by atoms with Gasteiger partial charge in [-0.2, -0.15) is 0 Å². The molecule has 1 aliphatic rings. The molecule has 3 aromatic rings. The van der Waals surface area contributed by atoms with E-state index >= 15 is 0 Å². The van der Waals surface area contributed by atoms with Gasteiger partial charge in [0.15, 0.2) is 5.11 Å². The van der Waals surface area contributed by atoms with E-state index in [2.05, 4.69) is 18.2 Å². The summed E-state index contributed by atoms with van der Waals surface area (Å²) >= 11 is 5.28. The molecule has 0 aliphatic carbocycles. The first-order chi connectivity index (χ1) is 14.5. The number of nitrogens with zero attached hydrogens (tertiary/aromatic N) is 2. The third kappa shape index (κ3) is 3.40. The van der Waals surface area contributed by atoms with Gasteiger partial charge in [-0.3, -0.25) is 19.8 Å². The molecule has 2 aromatic carbocycles. The minimum Gasteiger partial charge on any atom is -0.335 e. The second-order valence-corrected chi connectivity index (χ2v) is 7.30. The molecule has 148 valence electrons. The third-order valence-corrected chi connectivity index (χ3v) is 5.37. The Morgan fingerprint density at radius 2 is 1.87 bits per heavy atom. The van der Waals surface area contributed by atoms with Gasteiger partial charge < -0.3 is 4.57 Å². The third-order valence-electron chi connectivity index (χ3n) is 5.09. The number of aromatic nitrogens is 1. The number of aryl methyl sites for hydroxylation is 1. The molecule has 30 heavy (non-hydrogen) atoms. The van der Waals surface area contributed by atoms with Crippen LogP contribution in [0.15, 0.2) is 60.3 Å². The number of carbonyl (C=O) groups is 2. The Kier molecular flexibility index (Phi) is 5.21. The van der Waals surface area contributed by atoms with E-state index in [1.54, 1.807) is 6.08 Å². The van der Waals surface area contributed by atoms with Crippen LogP contribution in [0.25, 0.3) is 17.0 Å². The van der Waals surface area contributed by atoms with Gasteiger partial charge in [-0.1, -0.05) is 43.2 Å². The predicted octanol–water partition coefficient (Wildman–Crippen LogP) is 3.67. The number of nitrogens with one attached hydrogen (secondary N) is 1. The summed E-state index contributed by atoms with van der Waals surface area (Å²) in [6.45, 7) is 2.45. The molecule has 1 saturated heterocycles. The molecule has 0 saturated carbocycles. The van der Waals surface area contributed by atoms with Crippen LogP contribution in [0.1, 0.15) is 18.1 Å². The van der Waals surface area contributed by atoms with Gasteiger partial charge in [-0.15, -0.1) is 6.42 Å². The number of hydrogen-bond donors (Lipinski definition) is 1. The molecular weight excluding hydrogens is 394 g/mol. The van der Waals surface area contributed by atoms with Crippen LogP contribution in [0.2, 0.25) is 0 Å². The highest BCUT2D eigenvalue weighted by molar-refractivity contribution is 7.80. The van der Waals surface area contributed by atoms with Crippen LogP contribution in [0.4, 0.5) is 5.69 Å². The molecule has 6 heteroatoms. The highest BCUT2D eigenvalue weighted by Gasteiger charge is 2.34. The fraction of sp³-hybridized carbons (Fsp3) is 0.125. The number of carbonyl (C=O) groups excluding carboxylic acids is 2. The van der Waals surface area contributed by atoms with Crippen LogP contribution in [0.3, 0.4) is 0 Å². The van der Waals surface area contributed by atoms with Gasteiger partial charge in [-0.05, 0) is 48.5 Å². The van der Waals surface area contributed by atoms with E-state index in [9.17, 15) is 9.59 Å². The highest BCUT2D eigenvalue weighted by atomic mass is 32.1. The molecule has 5 nitrogen and oxygen atoms in total. The molecule has 1 fully saturated rings. The van der Waals surface area contributed by atoms with Gasteiger partial charge in [0.2, 0.25) is 0 Å². The molecule has 0 bridgehead atoms. The Morgan fingerprint density at radius 1 is 1.13 bits per heavy atom. The van der Waals surface area contributed by atoms with Crippen molar-refractivity contribution in [2.75, 3.05) is 4.90 Å². The van der Waals surface area contributed by atoms with Gasteiger partial charge in [-0.25, -0.2) is 0 Å².